The Balaban J connectivity index is 1.38. The third-order valence-corrected chi connectivity index (χ3v) is 6.27. The average molecular weight is 405 g/mol. The zero-order valence-corrected chi connectivity index (χ0v) is 17.3. The topological polar surface area (TPSA) is 54.8 Å². The molecule has 2 amide bonds. The van der Waals surface area contributed by atoms with Crippen LogP contribution in [0, 0.1) is 17.3 Å². The Morgan fingerprint density at radius 3 is 2.37 bits per heavy atom. The summed E-state index contributed by atoms with van der Waals surface area (Å²) in [6.07, 6.45) is 6.40. The van der Waals surface area contributed by atoms with Gasteiger partial charge in [0.05, 0.1) is 11.3 Å². The van der Waals surface area contributed by atoms with E-state index in [4.69, 9.17) is 4.74 Å². The number of rotatable bonds is 3. The van der Waals surface area contributed by atoms with Gasteiger partial charge in [-0.1, -0.05) is 18.1 Å². The first-order valence-corrected chi connectivity index (χ1v) is 10.4. The van der Waals surface area contributed by atoms with Gasteiger partial charge in [0.1, 0.15) is 0 Å². The molecule has 1 aromatic heterocycles. The van der Waals surface area contributed by atoms with E-state index in [1.807, 2.05) is 58.3 Å². The molecule has 6 nitrogen and oxygen atoms in total. The zero-order chi connectivity index (χ0) is 21.0. The number of ether oxygens (including phenoxy) is 1. The van der Waals surface area contributed by atoms with E-state index < -0.39 is 0 Å². The summed E-state index contributed by atoms with van der Waals surface area (Å²) in [6, 6.07) is 11.6. The van der Waals surface area contributed by atoms with Gasteiger partial charge in [-0.2, -0.15) is 0 Å². The van der Waals surface area contributed by atoms with Crippen LogP contribution in [0.1, 0.15) is 36.5 Å². The van der Waals surface area contributed by atoms with Crippen molar-refractivity contribution in [2.75, 3.05) is 32.8 Å². The van der Waals surface area contributed by atoms with E-state index in [1.54, 1.807) is 11.8 Å². The summed E-state index contributed by atoms with van der Waals surface area (Å²) in [5, 5.41) is 0. The van der Waals surface area contributed by atoms with Gasteiger partial charge in [0.2, 0.25) is 0 Å². The molecule has 0 unspecified atom stereocenters. The van der Waals surface area contributed by atoms with Gasteiger partial charge >= 0.3 is 6.09 Å². The summed E-state index contributed by atoms with van der Waals surface area (Å²) < 4.78 is 7.19. The highest BCUT2D eigenvalue weighted by Crippen LogP contribution is 2.41. The lowest BCUT2D eigenvalue weighted by molar-refractivity contribution is 0.0579. The molecule has 0 saturated carbocycles. The summed E-state index contributed by atoms with van der Waals surface area (Å²) in [5.74, 6) is 5.55. The number of hydrogen-bond donors (Lipinski definition) is 0. The number of carbonyl (C=O) groups excluding carboxylic acids is 2. The number of carbonyl (C=O) groups is 2. The molecular formula is C24H27N3O3. The first kappa shape index (κ1) is 20.1. The zero-order valence-electron chi connectivity index (χ0n) is 17.3. The maximum absolute atomic E-state index is 13.3. The van der Waals surface area contributed by atoms with Gasteiger partial charge in [-0.25, -0.2) is 4.79 Å². The molecule has 2 fully saturated rings. The lowest BCUT2D eigenvalue weighted by Gasteiger charge is -2.39. The molecule has 2 saturated heterocycles. The summed E-state index contributed by atoms with van der Waals surface area (Å²) in [4.78, 5) is 29.2. The van der Waals surface area contributed by atoms with Crippen LogP contribution in [0.25, 0.3) is 5.69 Å². The van der Waals surface area contributed by atoms with Gasteiger partial charge in [0, 0.05) is 38.6 Å². The summed E-state index contributed by atoms with van der Waals surface area (Å²) >= 11 is 0. The maximum atomic E-state index is 13.3. The van der Waals surface area contributed by atoms with Gasteiger partial charge in [-0.3, -0.25) is 4.79 Å². The average Bonchev–Trinajstić information content (AvgIpc) is 3.45. The van der Waals surface area contributed by atoms with Crippen LogP contribution in [0.15, 0.2) is 48.8 Å². The maximum Gasteiger partial charge on any atom is 0.410 e. The van der Waals surface area contributed by atoms with Crippen molar-refractivity contribution in [2.45, 2.75) is 26.2 Å². The van der Waals surface area contributed by atoms with Crippen LogP contribution in [0.5, 0.6) is 0 Å². The lowest BCUT2D eigenvalue weighted by Crippen LogP contribution is -2.45. The van der Waals surface area contributed by atoms with Gasteiger partial charge in [-0.15, -0.1) is 5.92 Å². The minimum atomic E-state index is -0.284. The number of benzene rings is 1. The molecule has 1 spiro atoms. The Bertz CT molecular complexity index is 963. The number of likely N-dealkylation sites (tertiary alicyclic amines) is 2. The first-order chi connectivity index (χ1) is 14.6. The second-order valence-corrected chi connectivity index (χ2v) is 8.05. The minimum Gasteiger partial charge on any atom is -0.436 e. The fraction of sp³-hybridized carbons (Fsp3) is 0.417. The second-order valence-electron chi connectivity index (χ2n) is 8.05. The summed E-state index contributed by atoms with van der Waals surface area (Å²) in [5.41, 5.74) is 1.71. The fourth-order valence-electron chi connectivity index (χ4n) is 4.49. The number of para-hydroxylation sites is 1. The standard InChI is InChI=1S/C24H27N3O3/c1-2-3-18-30-23(29)27-17-12-24(19-27)10-15-26(16-11-24)22(28)20-8-4-5-9-21(20)25-13-6-7-14-25/h4-9,13-14H,10-12,15-19H2,1H3. The van der Waals surface area contributed by atoms with Crippen molar-refractivity contribution in [3.8, 4) is 17.5 Å². The Morgan fingerprint density at radius 2 is 1.67 bits per heavy atom. The van der Waals surface area contributed by atoms with E-state index in [9.17, 15) is 9.59 Å². The Hall–Kier alpha value is -3.20. The van der Waals surface area contributed by atoms with Gasteiger partial charge < -0.3 is 19.1 Å². The highest BCUT2D eigenvalue weighted by molar-refractivity contribution is 5.97. The largest absolute Gasteiger partial charge is 0.436 e. The molecule has 3 heterocycles. The predicted molar refractivity (Wildman–Crippen MR) is 114 cm³/mol. The number of aromatic nitrogens is 1. The van der Waals surface area contributed by atoms with E-state index >= 15 is 0 Å². The molecular weight excluding hydrogens is 378 g/mol. The van der Waals surface area contributed by atoms with Crippen molar-refractivity contribution >= 4 is 12.0 Å². The number of hydrogen-bond acceptors (Lipinski definition) is 3. The van der Waals surface area contributed by atoms with Crippen LogP contribution in [-0.4, -0.2) is 59.2 Å². The highest BCUT2D eigenvalue weighted by atomic mass is 16.6. The van der Waals surface area contributed by atoms with Gasteiger partial charge in [0.25, 0.3) is 5.91 Å². The lowest BCUT2D eigenvalue weighted by atomic mass is 9.77. The molecule has 30 heavy (non-hydrogen) atoms. The molecule has 0 atom stereocenters. The van der Waals surface area contributed by atoms with Gasteiger partial charge in [0.15, 0.2) is 6.61 Å². The first-order valence-electron chi connectivity index (χ1n) is 10.4. The normalized spacial score (nSPS) is 17.5. The van der Waals surface area contributed by atoms with Crippen molar-refractivity contribution in [1.82, 2.24) is 14.4 Å². The molecule has 2 aliphatic rings. The number of amides is 2. The highest BCUT2D eigenvalue weighted by Gasteiger charge is 2.43. The number of piperidine rings is 1. The molecule has 0 bridgehead atoms. The fourth-order valence-corrected chi connectivity index (χ4v) is 4.49. The van der Waals surface area contributed by atoms with E-state index in [0.717, 1.165) is 30.5 Å². The van der Waals surface area contributed by atoms with E-state index in [0.29, 0.717) is 26.2 Å². The quantitative estimate of drug-likeness (QED) is 0.734. The monoisotopic (exact) mass is 405 g/mol. The van der Waals surface area contributed by atoms with Crippen molar-refractivity contribution in [1.29, 1.82) is 0 Å². The van der Waals surface area contributed by atoms with Crippen molar-refractivity contribution < 1.29 is 14.3 Å². The van der Waals surface area contributed by atoms with E-state index in [-0.39, 0.29) is 24.0 Å². The van der Waals surface area contributed by atoms with E-state index in [2.05, 4.69) is 11.8 Å². The Kier molecular flexibility index (Phi) is 5.80. The second kappa shape index (κ2) is 8.66. The number of nitrogens with zero attached hydrogens (tertiary/aromatic N) is 3. The Morgan fingerprint density at radius 1 is 1.00 bits per heavy atom. The Labute approximate surface area is 177 Å². The van der Waals surface area contributed by atoms with Crippen molar-refractivity contribution in [3.63, 3.8) is 0 Å². The molecule has 4 rings (SSSR count). The molecule has 6 heteroatoms. The molecule has 2 aromatic rings. The SMILES string of the molecule is CC#CCOC(=O)N1CCC2(CCN(C(=O)c3ccccc3-n3cccc3)CC2)C1. The molecule has 2 aliphatic heterocycles. The van der Waals surface area contributed by atoms with Crippen LogP contribution in [0.2, 0.25) is 0 Å². The molecule has 0 N–H and O–H groups in total. The molecule has 0 aliphatic carbocycles. The van der Waals surface area contributed by atoms with Crippen LogP contribution < -0.4 is 0 Å². The predicted octanol–water partition coefficient (Wildman–Crippen LogP) is 3.57. The third kappa shape index (κ3) is 4.06. The van der Waals surface area contributed by atoms with Crippen LogP contribution >= 0.6 is 0 Å². The van der Waals surface area contributed by atoms with Crippen molar-refractivity contribution in [3.05, 3.63) is 54.4 Å². The third-order valence-electron chi connectivity index (χ3n) is 6.27. The molecule has 1 aromatic carbocycles. The molecule has 0 radical (unpaired) electrons. The smallest absolute Gasteiger partial charge is 0.410 e. The van der Waals surface area contributed by atoms with Crippen molar-refractivity contribution in [2.24, 2.45) is 5.41 Å². The van der Waals surface area contributed by atoms with Crippen LogP contribution in [-0.2, 0) is 4.74 Å². The van der Waals surface area contributed by atoms with E-state index in [1.165, 1.54) is 0 Å². The van der Waals surface area contributed by atoms with Crippen LogP contribution in [0.3, 0.4) is 0 Å². The molecule has 156 valence electrons. The minimum absolute atomic E-state index is 0.0709. The van der Waals surface area contributed by atoms with Gasteiger partial charge in [-0.05, 0) is 55.9 Å². The van der Waals surface area contributed by atoms with Crippen LogP contribution in [0.4, 0.5) is 4.79 Å². The summed E-state index contributed by atoms with van der Waals surface area (Å²) in [6.45, 7) is 4.70. The summed E-state index contributed by atoms with van der Waals surface area (Å²) in [7, 11) is 0.